The number of hydrogen-bond acceptors (Lipinski definition) is 4. The van der Waals surface area contributed by atoms with E-state index in [1.54, 1.807) is 0 Å². The number of rotatable bonds is 7. The highest BCUT2D eigenvalue weighted by Crippen LogP contribution is 2.65. The lowest BCUT2D eigenvalue weighted by atomic mass is 9.70. The first kappa shape index (κ1) is 42.3. The van der Waals surface area contributed by atoms with E-state index >= 15 is 0 Å². The fraction of sp³-hybridized carbons (Fsp3) is 0.0143. The van der Waals surface area contributed by atoms with Crippen LogP contribution in [0, 0.1) is 0 Å². The van der Waals surface area contributed by atoms with Crippen LogP contribution in [0.2, 0.25) is 0 Å². The maximum atomic E-state index is 5.33. The molecule has 2 aliphatic rings. The number of nitrogens with zero attached hydrogens (tertiary/aromatic N) is 6. The monoisotopic (exact) mass is 968 g/mol. The van der Waals surface area contributed by atoms with E-state index in [1.165, 1.54) is 55.3 Å². The SMILES string of the molecule is c1ccc(-c2nc(-c3ccccc3)nc(-n3c4ccccc4c4c(N(c5ccc6c(c5)c5ccccc5n6-c5ccccc5)c5cccc6c5-c5ccccc5C65c6ccccc6-c6ccccc65)cccc43)n2)cc1. The highest BCUT2D eigenvalue weighted by atomic mass is 15.2. The zero-order chi connectivity index (χ0) is 49.9. The average molecular weight is 969 g/mol. The summed E-state index contributed by atoms with van der Waals surface area (Å²) >= 11 is 0. The van der Waals surface area contributed by atoms with E-state index in [4.69, 9.17) is 15.0 Å². The summed E-state index contributed by atoms with van der Waals surface area (Å²) in [6.07, 6.45) is 0. The largest absolute Gasteiger partial charge is 0.309 e. The van der Waals surface area contributed by atoms with Crippen molar-refractivity contribution in [2.45, 2.75) is 5.41 Å². The Bertz CT molecular complexity index is 4550. The lowest BCUT2D eigenvalue weighted by Gasteiger charge is -2.32. The topological polar surface area (TPSA) is 51.8 Å². The molecule has 0 unspecified atom stereocenters. The fourth-order valence-electron chi connectivity index (χ4n) is 13.0. The minimum Gasteiger partial charge on any atom is -0.309 e. The number of benzene rings is 11. The molecule has 0 saturated heterocycles. The van der Waals surface area contributed by atoms with Crippen molar-refractivity contribution in [2.24, 2.45) is 0 Å². The van der Waals surface area contributed by atoms with Gasteiger partial charge in [-0.05, 0) is 99.6 Å². The number of anilines is 3. The summed E-state index contributed by atoms with van der Waals surface area (Å²) < 4.78 is 4.63. The van der Waals surface area contributed by atoms with Crippen molar-refractivity contribution >= 4 is 60.7 Å². The van der Waals surface area contributed by atoms with Gasteiger partial charge in [-0.15, -0.1) is 0 Å². The molecule has 76 heavy (non-hydrogen) atoms. The van der Waals surface area contributed by atoms with Gasteiger partial charge < -0.3 is 9.47 Å². The molecule has 0 atom stereocenters. The summed E-state index contributed by atoms with van der Waals surface area (Å²) in [4.78, 5) is 18.3. The second-order valence-electron chi connectivity index (χ2n) is 19.8. The third kappa shape index (κ3) is 5.95. The summed E-state index contributed by atoms with van der Waals surface area (Å²) in [5.74, 6) is 1.77. The Kier molecular flexibility index (Phi) is 9.15. The molecule has 11 aromatic carbocycles. The molecule has 14 aromatic rings. The van der Waals surface area contributed by atoms with Crippen molar-refractivity contribution in [2.75, 3.05) is 4.90 Å². The maximum Gasteiger partial charge on any atom is 0.238 e. The molecule has 354 valence electrons. The van der Waals surface area contributed by atoms with Gasteiger partial charge in [0.05, 0.1) is 38.9 Å². The fourth-order valence-corrected chi connectivity index (χ4v) is 13.0. The van der Waals surface area contributed by atoms with Crippen molar-refractivity contribution in [1.29, 1.82) is 0 Å². The molecule has 0 aliphatic heterocycles. The van der Waals surface area contributed by atoms with Crippen molar-refractivity contribution in [3.63, 3.8) is 0 Å². The molecule has 0 fully saturated rings. The predicted octanol–water partition coefficient (Wildman–Crippen LogP) is 17.2. The Hall–Kier alpha value is -10.2. The Morgan fingerprint density at radius 1 is 0.329 bits per heavy atom. The van der Waals surface area contributed by atoms with E-state index < -0.39 is 5.41 Å². The molecule has 2 aliphatic carbocycles. The highest BCUT2D eigenvalue weighted by Gasteiger charge is 2.52. The van der Waals surface area contributed by atoms with Gasteiger partial charge in [0.2, 0.25) is 5.95 Å². The van der Waals surface area contributed by atoms with Crippen LogP contribution in [0.3, 0.4) is 0 Å². The number of hydrogen-bond donors (Lipinski definition) is 0. The first-order chi connectivity index (χ1) is 37.7. The van der Waals surface area contributed by atoms with E-state index in [1.807, 2.05) is 36.4 Å². The first-order valence-electron chi connectivity index (χ1n) is 25.9. The van der Waals surface area contributed by atoms with E-state index in [2.05, 4.69) is 245 Å². The van der Waals surface area contributed by atoms with Crippen LogP contribution in [0.5, 0.6) is 0 Å². The van der Waals surface area contributed by atoms with Crippen LogP contribution in [-0.2, 0) is 5.41 Å². The summed E-state index contributed by atoms with van der Waals surface area (Å²) in [5.41, 5.74) is 20.1. The third-order valence-electron chi connectivity index (χ3n) is 16.0. The summed E-state index contributed by atoms with van der Waals surface area (Å²) in [5, 5.41) is 4.54. The van der Waals surface area contributed by atoms with Gasteiger partial charge in [-0.3, -0.25) is 4.57 Å². The Morgan fingerprint density at radius 3 is 1.49 bits per heavy atom. The van der Waals surface area contributed by atoms with Crippen molar-refractivity contribution in [3.8, 4) is 56.7 Å². The minimum absolute atomic E-state index is 0.526. The van der Waals surface area contributed by atoms with E-state index in [0.29, 0.717) is 17.6 Å². The Labute approximate surface area is 438 Å². The summed E-state index contributed by atoms with van der Waals surface area (Å²) in [6.45, 7) is 0. The molecule has 0 saturated carbocycles. The number of para-hydroxylation sites is 3. The Morgan fingerprint density at radius 2 is 0.816 bits per heavy atom. The average Bonchev–Trinajstić information content (AvgIpc) is 4.39. The zero-order valence-electron chi connectivity index (χ0n) is 41.1. The molecule has 1 spiro atoms. The van der Waals surface area contributed by atoms with Gasteiger partial charge in [-0.25, -0.2) is 4.98 Å². The second kappa shape index (κ2) is 16.4. The van der Waals surface area contributed by atoms with Gasteiger partial charge >= 0.3 is 0 Å². The molecular weight excluding hydrogens is 925 g/mol. The van der Waals surface area contributed by atoms with Gasteiger partial charge in [0.25, 0.3) is 0 Å². The lowest BCUT2D eigenvalue weighted by Crippen LogP contribution is -2.26. The number of aromatic nitrogens is 5. The van der Waals surface area contributed by atoms with E-state index in [9.17, 15) is 0 Å². The van der Waals surface area contributed by atoms with Gasteiger partial charge in [0.1, 0.15) is 0 Å². The molecule has 3 aromatic heterocycles. The van der Waals surface area contributed by atoms with Crippen LogP contribution in [0.1, 0.15) is 22.3 Å². The molecule has 6 heteroatoms. The van der Waals surface area contributed by atoms with E-state index in [-0.39, 0.29) is 0 Å². The third-order valence-corrected chi connectivity index (χ3v) is 16.0. The van der Waals surface area contributed by atoms with Crippen molar-refractivity contribution in [3.05, 3.63) is 289 Å². The standard InChI is InChI=1S/C70H44N6/c1-4-22-45(23-5-1)67-71-68(46-24-6-2-7-25-46)73-69(72-67)76-60-38-19-14-32-53(60)66-63(40-21-41-64(66)76)75(48-42-43-61-54(44-48)51-30-13-18-37-59(51)74(61)47-26-8-3-9-27-47)62-39-20-36-58-65(62)52-31-12-17-35-57(52)70(58)55-33-15-10-28-49(55)50-29-11-16-34-56(50)70/h1-44H. The van der Waals surface area contributed by atoms with Crippen LogP contribution in [0.25, 0.3) is 100 Å². The van der Waals surface area contributed by atoms with Gasteiger partial charge in [-0.1, -0.05) is 206 Å². The highest BCUT2D eigenvalue weighted by molar-refractivity contribution is 6.18. The smallest absolute Gasteiger partial charge is 0.238 e. The van der Waals surface area contributed by atoms with Crippen molar-refractivity contribution in [1.82, 2.24) is 24.1 Å². The molecule has 0 N–H and O–H groups in total. The van der Waals surface area contributed by atoms with Gasteiger partial charge in [-0.2, -0.15) is 9.97 Å². The van der Waals surface area contributed by atoms with Crippen LogP contribution >= 0.6 is 0 Å². The van der Waals surface area contributed by atoms with Crippen LogP contribution in [-0.4, -0.2) is 24.1 Å². The van der Waals surface area contributed by atoms with Crippen molar-refractivity contribution < 1.29 is 0 Å². The van der Waals surface area contributed by atoms with Crippen LogP contribution in [0.15, 0.2) is 267 Å². The van der Waals surface area contributed by atoms with Crippen LogP contribution in [0.4, 0.5) is 17.1 Å². The molecule has 0 amide bonds. The van der Waals surface area contributed by atoms with Gasteiger partial charge in [0, 0.05) is 49.6 Å². The normalized spacial score (nSPS) is 12.8. The second-order valence-corrected chi connectivity index (χ2v) is 19.8. The lowest BCUT2D eigenvalue weighted by molar-refractivity contribution is 0.794. The molecule has 6 nitrogen and oxygen atoms in total. The predicted molar refractivity (Wildman–Crippen MR) is 310 cm³/mol. The number of fused-ring (bicyclic) bond motifs is 16. The molecule has 16 rings (SSSR count). The maximum absolute atomic E-state index is 5.33. The van der Waals surface area contributed by atoms with E-state index in [0.717, 1.165) is 66.7 Å². The summed E-state index contributed by atoms with van der Waals surface area (Å²) in [6, 6.07) is 96.6. The summed E-state index contributed by atoms with van der Waals surface area (Å²) in [7, 11) is 0. The van der Waals surface area contributed by atoms with Gasteiger partial charge in [0.15, 0.2) is 11.6 Å². The minimum atomic E-state index is -0.526. The zero-order valence-corrected chi connectivity index (χ0v) is 41.1. The molecule has 0 radical (unpaired) electrons. The molecule has 3 heterocycles. The quantitative estimate of drug-likeness (QED) is 0.160. The molecule has 0 bridgehead atoms. The molecular formula is C70H44N6. The van der Waals surface area contributed by atoms with Crippen LogP contribution < -0.4 is 4.90 Å². The first-order valence-corrected chi connectivity index (χ1v) is 25.9. The Balaban J connectivity index is 1.01.